The Morgan fingerprint density at radius 1 is 0.785 bits per heavy atom. The van der Waals surface area contributed by atoms with Crippen molar-refractivity contribution in [1.82, 2.24) is 19.5 Å². The van der Waals surface area contributed by atoms with E-state index in [0.717, 1.165) is 0 Å². The lowest BCUT2D eigenvalue weighted by molar-refractivity contribution is -0.873. The topological polar surface area (TPSA) is 333 Å². The van der Waals surface area contributed by atoms with Gasteiger partial charge in [-0.2, -0.15) is 16.8 Å². The summed E-state index contributed by atoms with van der Waals surface area (Å²) < 4.78 is 103. The van der Waals surface area contributed by atoms with Gasteiger partial charge >= 0.3 is 25.5 Å². The highest BCUT2D eigenvalue weighted by atomic mass is 32.2. The number of carbonyl (C=O) groups excluding carboxylic acids is 2. The Labute approximate surface area is 377 Å². The van der Waals surface area contributed by atoms with Crippen LogP contribution in [0, 0.1) is 10.8 Å². The molecule has 0 saturated carbocycles. The minimum absolute atomic E-state index is 0.0929. The Kier molecular flexibility index (Phi) is 20.3. The number of quaternary nitrogens is 1. The van der Waals surface area contributed by atoms with Gasteiger partial charge in [0.2, 0.25) is 13.6 Å². The van der Waals surface area contributed by atoms with Gasteiger partial charge in [0.15, 0.2) is 11.5 Å². The second-order valence-electron chi connectivity index (χ2n) is 17.1. The molecule has 0 aliphatic heterocycles. The van der Waals surface area contributed by atoms with Crippen LogP contribution in [0.15, 0.2) is 71.0 Å². The summed E-state index contributed by atoms with van der Waals surface area (Å²) in [6.07, 6.45) is 1.47. The van der Waals surface area contributed by atoms with Crippen LogP contribution < -0.4 is 5.73 Å². The fourth-order valence-corrected chi connectivity index (χ4v) is 6.77. The number of ether oxygens (including phenoxy) is 3. The normalized spacial score (nSPS) is 12.9. The summed E-state index contributed by atoms with van der Waals surface area (Å²) in [5.74, 6) is -1.80. The van der Waals surface area contributed by atoms with E-state index in [2.05, 4.69) is 15.0 Å². The van der Waals surface area contributed by atoms with E-state index >= 15 is 0 Å². The first-order chi connectivity index (χ1) is 29.7. The van der Waals surface area contributed by atoms with Crippen LogP contribution in [0.5, 0.6) is 0 Å². The Morgan fingerprint density at radius 2 is 1.23 bits per heavy atom. The van der Waals surface area contributed by atoms with Crippen molar-refractivity contribution in [3.63, 3.8) is 0 Å². The third kappa shape index (κ3) is 20.4. The minimum atomic E-state index is -4.24. The summed E-state index contributed by atoms with van der Waals surface area (Å²) in [5, 5.41) is 17.5. The van der Waals surface area contributed by atoms with E-state index < -0.39 is 82.6 Å². The largest absolute Gasteiger partial charge is 0.481 e. The number of benzene rings is 2. The highest BCUT2D eigenvalue weighted by molar-refractivity contribution is 7.86. The molecule has 0 radical (unpaired) electrons. The average molecular weight is 978 g/mol. The second-order valence-corrected chi connectivity index (χ2v) is 21.9. The number of nitrogens with two attached hydrogens (primary N) is 1. The van der Waals surface area contributed by atoms with E-state index in [4.69, 9.17) is 48.3 Å². The highest BCUT2D eigenvalue weighted by Gasteiger charge is 2.30. The maximum absolute atomic E-state index is 13.1. The molecular weight excluding hydrogens is 920 g/mol. The summed E-state index contributed by atoms with van der Waals surface area (Å²) in [7, 11) is -6.70. The van der Waals surface area contributed by atoms with Crippen molar-refractivity contribution in [3.05, 3.63) is 61.2 Å². The number of esters is 2. The van der Waals surface area contributed by atoms with Gasteiger partial charge < -0.3 is 39.2 Å². The number of carboxylic acids is 1. The molecule has 2 aromatic heterocycles. The van der Waals surface area contributed by atoms with E-state index in [-0.39, 0.29) is 28.6 Å². The first-order valence-corrected chi connectivity index (χ1v) is 23.9. The summed E-state index contributed by atoms with van der Waals surface area (Å²) >= 11 is 0. The van der Waals surface area contributed by atoms with Crippen molar-refractivity contribution in [2.45, 2.75) is 70.4 Å². The number of likely N-dealkylation sites (N-methyl/N-ethyl adjacent to an activating group) is 1. The molecule has 0 unspecified atom stereocenters. The summed E-state index contributed by atoms with van der Waals surface area (Å²) in [6, 6.07) is 10.9. The molecule has 4 aromatic rings. The molecule has 0 bridgehead atoms. The van der Waals surface area contributed by atoms with Crippen LogP contribution in [0.1, 0.15) is 48.0 Å². The first kappa shape index (κ1) is 56.2. The molecule has 0 fully saturated rings. The third-order valence-corrected chi connectivity index (χ3v) is 11.3. The smallest absolute Gasteiger partial charge is 0.361 e. The van der Waals surface area contributed by atoms with Gasteiger partial charge in [0.1, 0.15) is 30.8 Å². The van der Waals surface area contributed by atoms with Gasteiger partial charge in [0.05, 0.1) is 61.1 Å². The molecule has 0 saturated heterocycles. The zero-order chi connectivity index (χ0) is 49.6. The number of carboxylic acid groups (broad SMARTS) is 1. The molecule has 4 rings (SSSR count). The number of hydrogen-bond donors (Lipinski definition) is 5. The molecule has 362 valence electrons. The van der Waals surface area contributed by atoms with Crippen LogP contribution in [0.4, 0.5) is 5.82 Å². The van der Waals surface area contributed by atoms with Gasteiger partial charge in [-0.1, -0.05) is 24.3 Å². The SMILES string of the molecule is CC(C)(C)C(=O)OCOP(=O)(COCCn1cnc2c(N)ncnc21)OCOC(=O)C(C)(C)C.C[N+](C)(C)C[C@H](O)CC(=O)O.O=S(=O)(O)c1ccc(-c2ccc(S(=O)(=O)O)cc2)cc1. The van der Waals surface area contributed by atoms with Crippen LogP contribution in [-0.2, 0) is 69.0 Å². The number of carbonyl (C=O) groups is 3. The van der Waals surface area contributed by atoms with E-state index in [0.29, 0.717) is 39.9 Å². The van der Waals surface area contributed by atoms with Crippen molar-refractivity contribution >= 4 is 62.7 Å². The number of fused-ring (bicyclic) bond motifs is 1. The number of rotatable bonds is 18. The predicted molar refractivity (Wildman–Crippen MR) is 234 cm³/mol. The van der Waals surface area contributed by atoms with Crippen molar-refractivity contribution in [3.8, 4) is 11.1 Å². The van der Waals surface area contributed by atoms with Crippen molar-refractivity contribution in [2.24, 2.45) is 10.8 Å². The zero-order valence-corrected chi connectivity index (χ0v) is 40.0. The summed E-state index contributed by atoms with van der Waals surface area (Å²) in [5.41, 5.74) is 6.49. The number of aliphatic hydroxyl groups excluding tert-OH is 1. The summed E-state index contributed by atoms with van der Waals surface area (Å²) in [6.45, 7) is 9.62. The Bertz CT molecular complexity index is 2370. The Morgan fingerprint density at radius 3 is 1.62 bits per heavy atom. The number of aromatic nitrogens is 4. The second kappa shape index (κ2) is 23.5. The standard InChI is InChI=1S/C20H32N5O8P.C12H10O6S2.C7H15NO3/c1-19(2,3)17(26)30-11-32-34(28,33-12-31-18(27)20(4,5)6)13-29-8-7-25-10-24-14-15(21)22-9-23-16(14)25;13-19(14,15)11-5-1-9(2-6-11)10-3-7-12(8-4-10)20(16,17)18;1-8(2,3)5-6(9)4-7(10)11/h9-10H,7-8,11-13H2,1-6H3,(H2,21,22,23);1-8H,(H,13,14,15)(H,16,17,18);6,9H,4-5H2,1-3H3/p+1/t;;6-/m..1/s1. The zero-order valence-electron chi connectivity index (χ0n) is 37.5. The van der Waals surface area contributed by atoms with E-state index in [1.165, 1.54) is 61.2 Å². The van der Waals surface area contributed by atoms with Gasteiger partial charge in [-0.3, -0.25) is 37.1 Å². The molecule has 26 heteroatoms. The fourth-order valence-electron chi connectivity index (χ4n) is 4.80. The quantitative estimate of drug-likeness (QED) is 0.0234. The van der Waals surface area contributed by atoms with E-state index in [9.17, 15) is 35.8 Å². The maximum atomic E-state index is 13.1. The number of anilines is 1. The lowest BCUT2D eigenvalue weighted by Gasteiger charge is -2.25. The number of aliphatic hydroxyl groups is 1. The van der Waals surface area contributed by atoms with Crippen LogP contribution in [0.3, 0.4) is 0 Å². The lowest BCUT2D eigenvalue weighted by atomic mass is 9.98. The monoisotopic (exact) mass is 977 g/mol. The van der Waals surface area contributed by atoms with E-state index in [1.807, 2.05) is 21.1 Å². The maximum Gasteiger partial charge on any atom is 0.361 e. The molecular formula is C39H58N6O17PS2+. The predicted octanol–water partition coefficient (Wildman–Crippen LogP) is 4.08. The number of aliphatic carboxylic acids is 1. The van der Waals surface area contributed by atoms with Gasteiger partial charge in [-0.25, -0.2) is 15.0 Å². The molecule has 1 atom stereocenters. The van der Waals surface area contributed by atoms with Crippen molar-refractivity contribution in [2.75, 3.05) is 60.0 Å². The molecule has 0 aliphatic rings. The first-order valence-electron chi connectivity index (χ1n) is 19.3. The molecule has 65 heavy (non-hydrogen) atoms. The number of nitrogens with zero attached hydrogens (tertiary/aromatic N) is 5. The van der Waals surface area contributed by atoms with Gasteiger partial charge in [0.25, 0.3) is 20.2 Å². The van der Waals surface area contributed by atoms with Crippen LogP contribution >= 0.6 is 7.60 Å². The van der Waals surface area contributed by atoms with Gasteiger partial charge in [0, 0.05) is 6.54 Å². The molecule has 2 heterocycles. The van der Waals surface area contributed by atoms with Gasteiger partial charge in [-0.15, -0.1) is 0 Å². The molecule has 6 N–H and O–H groups in total. The molecule has 2 aromatic carbocycles. The summed E-state index contributed by atoms with van der Waals surface area (Å²) in [4.78, 5) is 45.7. The fraction of sp³-hybridized carbons (Fsp3) is 0.487. The highest BCUT2D eigenvalue weighted by Crippen LogP contribution is 2.48. The average Bonchev–Trinajstić information content (AvgIpc) is 3.59. The number of hydrogen-bond acceptors (Lipinski definition) is 18. The van der Waals surface area contributed by atoms with E-state index in [1.54, 1.807) is 46.1 Å². The number of imidazole rings is 1. The molecule has 0 amide bonds. The molecule has 23 nitrogen and oxygen atoms in total. The lowest BCUT2D eigenvalue weighted by Crippen LogP contribution is -2.42. The Hall–Kier alpha value is -4.95. The molecule has 0 spiro atoms. The number of nitrogen functional groups attached to an aromatic ring is 1. The van der Waals surface area contributed by atoms with Crippen molar-refractivity contribution < 1.29 is 82.8 Å². The molecule has 0 aliphatic carbocycles. The Balaban J connectivity index is 0.000000392. The third-order valence-electron chi connectivity index (χ3n) is 8.07. The van der Waals surface area contributed by atoms with Crippen LogP contribution in [0.2, 0.25) is 0 Å². The van der Waals surface area contributed by atoms with Crippen LogP contribution in [-0.4, -0.2) is 138 Å². The van der Waals surface area contributed by atoms with Crippen LogP contribution in [0.25, 0.3) is 22.3 Å². The minimum Gasteiger partial charge on any atom is -0.481 e. The van der Waals surface area contributed by atoms with Gasteiger partial charge in [-0.05, 0) is 76.9 Å². The van der Waals surface area contributed by atoms with Crippen molar-refractivity contribution in [1.29, 1.82) is 0 Å².